The Balaban J connectivity index is 1.44. The van der Waals surface area contributed by atoms with Gasteiger partial charge in [0.2, 0.25) is 0 Å². The molecule has 2 heterocycles. The first-order chi connectivity index (χ1) is 16.6. The molecule has 3 aromatic carbocycles. The van der Waals surface area contributed by atoms with Gasteiger partial charge in [-0.1, -0.05) is 36.4 Å². The molecule has 2 aromatic heterocycles. The second kappa shape index (κ2) is 9.19. The van der Waals surface area contributed by atoms with Crippen molar-refractivity contribution in [3.05, 3.63) is 108 Å². The van der Waals surface area contributed by atoms with E-state index in [0.717, 1.165) is 32.8 Å². The fourth-order valence-corrected chi connectivity index (χ4v) is 4.29. The van der Waals surface area contributed by atoms with Crippen molar-refractivity contribution in [1.29, 1.82) is 0 Å². The molecule has 34 heavy (non-hydrogen) atoms. The van der Waals surface area contributed by atoms with Crippen LogP contribution in [0.1, 0.15) is 21.5 Å². The molecule has 0 aliphatic carbocycles. The van der Waals surface area contributed by atoms with Gasteiger partial charge in [0.05, 0.1) is 6.04 Å². The summed E-state index contributed by atoms with van der Waals surface area (Å²) in [5.74, 6) is -0.240. The molecule has 0 saturated carbocycles. The Labute approximate surface area is 196 Å². The third-order valence-corrected chi connectivity index (χ3v) is 6.05. The molecular weight excluding hydrogens is 426 g/mol. The van der Waals surface area contributed by atoms with Crippen LogP contribution >= 0.6 is 0 Å². The Morgan fingerprint density at radius 2 is 1.76 bits per heavy atom. The van der Waals surface area contributed by atoms with Gasteiger partial charge in [-0.3, -0.25) is 14.6 Å². The summed E-state index contributed by atoms with van der Waals surface area (Å²) in [7, 11) is 0. The molecule has 1 amide bonds. The van der Waals surface area contributed by atoms with E-state index in [1.54, 1.807) is 48.9 Å². The summed E-state index contributed by atoms with van der Waals surface area (Å²) < 4.78 is 0. The van der Waals surface area contributed by atoms with Crippen molar-refractivity contribution < 1.29 is 14.7 Å². The van der Waals surface area contributed by atoms with Crippen LogP contribution in [-0.2, 0) is 17.6 Å². The molecule has 6 heteroatoms. The maximum atomic E-state index is 13.5. The van der Waals surface area contributed by atoms with Crippen molar-refractivity contribution in [2.75, 3.05) is 0 Å². The number of nitrogens with zero attached hydrogens (tertiary/aromatic N) is 1. The smallest absolute Gasteiger partial charge is 0.252 e. The van der Waals surface area contributed by atoms with Gasteiger partial charge in [0.15, 0.2) is 5.78 Å². The molecule has 5 rings (SSSR count). The number of aromatic nitrogens is 2. The zero-order chi connectivity index (χ0) is 23.5. The number of carbonyl (C=O) groups is 2. The number of rotatable bonds is 7. The van der Waals surface area contributed by atoms with Crippen molar-refractivity contribution >= 4 is 33.4 Å². The third kappa shape index (κ3) is 4.38. The lowest BCUT2D eigenvalue weighted by molar-refractivity contribution is -0.120. The highest BCUT2D eigenvalue weighted by molar-refractivity contribution is 6.08. The number of nitrogens with one attached hydrogen (secondary N) is 2. The number of aromatic amines is 1. The molecule has 0 radical (unpaired) electrons. The molecule has 1 unspecified atom stereocenters. The van der Waals surface area contributed by atoms with Gasteiger partial charge in [-0.25, -0.2) is 0 Å². The summed E-state index contributed by atoms with van der Waals surface area (Å²) in [5, 5.41) is 15.3. The molecule has 168 valence electrons. The molecule has 0 saturated heterocycles. The highest BCUT2D eigenvalue weighted by Gasteiger charge is 2.23. The molecule has 0 aliphatic rings. The normalized spacial score (nSPS) is 12.0. The van der Waals surface area contributed by atoms with Gasteiger partial charge in [-0.2, -0.15) is 0 Å². The zero-order valence-electron chi connectivity index (χ0n) is 18.4. The van der Waals surface area contributed by atoms with E-state index in [-0.39, 0.29) is 23.9 Å². The van der Waals surface area contributed by atoms with Crippen LogP contribution in [0.2, 0.25) is 0 Å². The number of Topliss-reactive ketones (excluding diaryl/α,β-unsaturated/α-hetero) is 1. The van der Waals surface area contributed by atoms with Crippen molar-refractivity contribution in [3.8, 4) is 5.75 Å². The Morgan fingerprint density at radius 3 is 2.62 bits per heavy atom. The average molecular weight is 450 g/mol. The highest BCUT2D eigenvalue weighted by Crippen LogP contribution is 2.21. The number of fused-ring (bicyclic) bond motifs is 2. The van der Waals surface area contributed by atoms with Gasteiger partial charge in [-0.15, -0.1) is 0 Å². The molecule has 3 N–H and O–H groups in total. The standard InChI is InChI=1S/C28H23N3O3/c32-21-9-7-18(8-10-21)15-26(31-28(34)24-5-2-6-25-23(24)12-14-30-25)27(33)16-19-3-1-4-20-17-29-13-11-22(19)20/h1-14,17,26,30,32H,15-16H2,(H,31,34). The molecule has 0 bridgehead atoms. The number of carbonyl (C=O) groups excluding carboxylic acids is 2. The molecule has 5 aromatic rings. The summed E-state index contributed by atoms with van der Waals surface area (Å²) in [6.07, 6.45) is 5.77. The number of aromatic hydroxyl groups is 1. The Morgan fingerprint density at radius 1 is 0.941 bits per heavy atom. The first-order valence-corrected chi connectivity index (χ1v) is 11.1. The van der Waals surface area contributed by atoms with Gasteiger partial charge < -0.3 is 15.4 Å². The van der Waals surface area contributed by atoms with Crippen LogP contribution in [0.25, 0.3) is 21.7 Å². The number of H-pyrrole nitrogens is 1. The maximum absolute atomic E-state index is 13.5. The zero-order valence-corrected chi connectivity index (χ0v) is 18.4. The summed E-state index contributed by atoms with van der Waals surface area (Å²) in [5.41, 5.74) is 3.11. The lowest BCUT2D eigenvalue weighted by atomic mass is 9.95. The van der Waals surface area contributed by atoms with Crippen LogP contribution in [0.3, 0.4) is 0 Å². The topological polar surface area (TPSA) is 95.1 Å². The Bertz CT molecular complexity index is 1480. The summed E-state index contributed by atoms with van der Waals surface area (Å²) in [6.45, 7) is 0. The van der Waals surface area contributed by atoms with Crippen LogP contribution in [0, 0.1) is 0 Å². The first-order valence-electron chi connectivity index (χ1n) is 11.1. The first kappa shape index (κ1) is 21.4. The van der Waals surface area contributed by atoms with Crippen LogP contribution in [0.4, 0.5) is 0 Å². The lowest BCUT2D eigenvalue weighted by Gasteiger charge is -2.19. The van der Waals surface area contributed by atoms with E-state index in [9.17, 15) is 14.7 Å². The minimum atomic E-state index is -0.733. The van der Waals surface area contributed by atoms with Crippen molar-refractivity contribution in [2.24, 2.45) is 0 Å². The van der Waals surface area contributed by atoms with E-state index in [4.69, 9.17) is 0 Å². The van der Waals surface area contributed by atoms with Crippen LogP contribution in [-0.4, -0.2) is 32.8 Å². The van der Waals surface area contributed by atoms with Gasteiger partial charge >= 0.3 is 0 Å². The van der Waals surface area contributed by atoms with Crippen LogP contribution in [0.15, 0.2) is 91.4 Å². The minimum Gasteiger partial charge on any atom is -0.508 e. The van der Waals surface area contributed by atoms with Gasteiger partial charge in [0.25, 0.3) is 5.91 Å². The summed E-state index contributed by atoms with van der Waals surface area (Å²) >= 11 is 0. The van der Waals surface area contributed by atoms with E-state index in [1.807, 2.05) is 42.5 Å². The minimum absolute atomic E-state index is 0.0908. The van der Waals surface area contributed by atoms with E-state index < -0.39 is 6.04 Å². The molecular formula is C28H23N3O3. The molecule has 6 nitrogen and oxygen atoms in total. The number of phenolic OH excluding ortho intramolecular Hbond substituents is 1. The quantitative estimate of drug-likeness (QED) is 0.339. The van der Waals surface area contributed by atoms with E-state index >= 15 is 0 Å². The fourth-order valence-electron chi connectivity index (χ4n) is 4.29. The lowest BCUT2D eigenvalue weighted by Crippen LogP contribution is -2.43. The SMILES string of the molecule is O=C(NC(Cc1ccc(O)cc1)C(=O)Cc1cccc2cnccc12)c1cccc2[nH]ccc12. The van der Waals surface area contributed by atoms with E-state index in [1.165, 1.54) is 0 Å². The van der Waals surface area contributed by atoms with Crippen molar-refractivity contribution in [2.45, 2.75) is 18.9 Å². The average Bonchev–Trinajstić information content (AvgIpc) is 3.34. The van der Waals surface area contributed by atoms with Gasteiger partial charge in [0, 0.05) is 46.9 Å². The number of ketones is 1. The van der Waals surface area contributed by atoms with Crippen molar-refractivity contribution in [3.63, 3.8) is 0 Å². The molecule has 0 fully saturated rings. The third-order valence-electron chi connectivity index (χ3n) is 6.05. The molecule has 0 spiro atoms. The molecule has 0 aliphatic heterocycles. The number of pyridine rings is 1. The van der Waals surface area contributed by atoms with Crippen LogP contribution < -0.4 is 5.32 Å². The van der Waals surface area contributed by atoms with E-state index in [0.29, 0.717) is 12.0 Å². The number of phenols is 1. The second-order valence-corrected chi connectivity index (χ2v) is 8.30. The van der Waals surface area contributed by atoms with Crippen LogP contribution in [0.5, 0.6) is 5.75 Å². The second-order valence-electron chi connectivity index (χ2n) is 8.30. The predicted molar refractivity (Wildman–Crippen MR) is 132 cm³/mol. The number of hydrogen-bond donors (Lipinski definition) is 3. The Kier molecular flexibility index (Phi) is 5.79. The Hall–Kier alpha value is -4.45. The number of benzene rings is 3. The highest BCUT2D eigenvalue weighted by atomic mass is 16.3. The predicted octanol–water partition coefficient (Wildman–Crippen LogP) is 4.57. The van der Waals surface area contributed by atoms with Crippen molar-refractivity contribution in [1.82, 2.24) is 15.3 Å². The van der Waals surface area contributed by atoms with Gasteiger partial charge in [-0.05, 0) is 59.3 Å². The maximum Gasteiger partial charge on any atom is 0.252 e. The number of hydrogen-bond acceptors (Lipinski definition) is 4. The molecule has 1 atom stereocenters. The largest absolute Gasteiger partial charge is 0.508 e. The van der Waals surface area contributed by atoms with E-state index in [2.05, 4.69) is 15.3 Å². The summed E-state index contributed by atoms with van der Waals surface area (Å²) in [6, 6.07) is 21.0. The fraction of sp³-hybridized carbons (Fsp3) is 0.107. The monoisotopic (exact) mass is 449 g/mol. The summed E-state index contributed by atoms with van der Waals surface area (Å²) in [4.78, 5) is 34.0. The van der Waals surface area contributed by atoms with Gasteiger partial charge in [0.1, 0.15) is 5.75 Å². The number of amides is 1.